The van der Waals surface area contributed by atoms with E-state index in [-0.39, 0.29) is 6.61 Å². The summed E-state index contributed by atoms with van der Waals surface area (Å²) in [5.74, 6) is 1.15. The van der Waals surface area contributed by atoms with Crippen LogP contribution in [-0.2, 0) is 0 Å². The molecule has 0 fully saturated rings. The molecule has 1 aliphatic heterocycles. The van der Waals surface area contributed by atoms with Gasteiger partial charge in [-0.1, -0.05) is 6.08 Å². The highest BCUT2D eigenvalue weighted by Crippen LogP contribution is 2.07. The van der Waals surface area contributed by atoms with Crippen molar-refractivity contribution in [3.8, 4) is 0 Å². The van der Waals surface area contributed by atoms with Crippen LogP contribution in [0.15, 0.2) is 11.5 Å². The molecule has 1 N–H and O–H groups in total. The van der Waals surface area contributed by atoms with Gasteiger partial charge >= 0.3 is 0 Å². The third-order valence-electron chi connectivity index (χ3n) is 1.50. The van der Waals surface area contributed by atoms with Gasteiger partial charge in [-0.05, 0) is 5.41 Å². The minimum absolute atomic E-state index is 0.276. The van der Waals surface area contributed by atoms with Crippen molar-refractivity contribution in [3.05, 3.63) is 11.5 Å². The number of nitrogens with zero attached hydrogens (tertiary/aromatic N) is 1. The molecule has 0 aromatic rings. The molecule has 0 radical (unpaired) electrons. The fourth-order valence-corrected chi connectivity index (χ4v) is 1.67. The summed E-state index contributed by atoms with van der Waals surface area (Å²) in [6, 6.07) is 0. The molecule has 0 spiro atoms. The van der Waals surface area contributed by atoms with E-state index in [1.54, 1.807) is 0 Å². The van der Waals surface area contributed by atoms with E-state index < -0.39 is 0 Å². The van der Waals surface area contributed by atoms with Gasteiger partial charge in [0.15, 0.2) is 0 Å². The molecule has 0 bridgehead atoms. The van der Waals surface area contributed by atoms with Gasteiger partial charge < -0.3 is 5.11 Å². The van der Waals surface area contributed by atoms with Crippen molar-refractivity contribution >= 4 is 11.8 Å². The van der Waals surface area contributed by atoms with Gasteiger partial charge in [0.25, 0.3) is 0 Å². The normalized spacial score (nSPS) is 20.9. The standard InChI is InChI=1S/C7H13NOS/c9-5-3-8-2-1-6-10-7-4-8/h1,6,9H,2-5,7H2. The Bertz CT molecular complexity index is 116. The summed E-state index contributed by atoms with van der Waals surface area (Å²) < 4.78 is 0. The first-order valence-corrected chi connectivity index (χ1v) is 4.58. The maximum Gasteiger partial charge on any atom is 0.0558 e. The lowest BCUT2D eigenvalue weighted by Gasteiger charge is -2.16. The Labute approximate surface area is 65.9 Å². The van der Waals surface area contributed by atoms with Crippen molar-refractivity contribution < 1.29 is 5.11 Å². The van der Waals surface area contributed by atoms with Crippen LogP contribution in [0.3, 0.4) is 0 Å². The van der Waals surface area contributed by atoms with E-state index >= 15 is 0 Å². The zero-order valence-electron chi connectivity index (χ0n) is 5.99. The second-order valence-corrected chi connectivity index (χ2v) is 3.28. The highest BCUT2D eigenvalue weighted by Gasteiger charge is 2.02. The lowest BCUT2D eigenvalue weighted by atomic mass is 10.4. The Morgan fingerprint density at radius 3 is 3.30 bits per heavy atom. The van der Waals surface area contributed by atoms with Crippen LogP contribution in [0, 0.1) is 0 Å². The van der Waals surface area contributed by atoms with E-state index in [1.165, 1.54) is 0 Å². The minimum Gasteiger partial charge on any atom is -0.395 e. The zero-order chi connectivity index (χ0) is 7.23. The van der Waals surface area contributed by atoms with Crippen molar-refractivity contribution in [2.24, 2.45) is 0 Å². The number of aliphatic hydroxyl groups is 1. The third kappa shape index (κ3) is 2.73. The summed E-state index contributed by atoms with van der Waals surface area (Å²) in [6.45, 7) is 3.18. The quantitative estimate of drug-likeness (QED) is 0.636. The molecule has 1 aliphatic rings. The number of rotatable bonds is 2. The number of β-amino-alcohol motifs (C(OH)–C–C–N with tert-alkyl or cyclic N) is 1. The molecule has 2 nitrogen and oxygen atoms in total. The largest absolute Gasteiger partial charge is 0.395 e. The molecule has 10 heavy (non-hydrogen) atoms. The van der Waals surface area contributed by atoms with Crippen molar-refractivity contribution in [2.45, 2.75) is 0 Å². The maximum atomic E-state index is 8.64. The fourth-order valence-electron chi connectivity index (χ4n) is 0.946. The summed E-state index contributed by atoms with van der Waals surface area (Å²) >= 11 is 1.84. The van der Waals surface area contributed by atoms with Crippen LogP contribution < -0.4 is 0 Å². The van der Waals surface area contributed by atoms with Gasteiger partial charge in [0.1, 0.15) is 0 Å². The van der Waals surface area contributed by atoms with E-state index in [0.717, 1.165) is 25.4 Å². The molecule has 0 aromatic heterocycles. The molecule has 0 saturated heterocycles. The molecule has 1 heterocycles. The molecule has 0 saturated carbocycles. The van der Waals surface area contributed by atoms with Gasteiger partial charge in [0.05, 0.1) is 6.61 Å². The van der Waals surface area contributed by atoms with Gasteiger partial charge in [0.2, 0.25) is 0 Å². The van der Waals surface area contributed by atoms with Crippen LogP contribution in [0.4, 0.5) is 0 Å². The average Bonchev–Trinajstić information content (AvgIpc) is 2.17. The summed E-state index contributed by atoms with van der Waals surface area (Å²) in [6.07, 6.45) is 2.15. The Hall–Kier alpha value is 0.01000. The van der Waals surface area contributed by atoms with Gasteiger partial charge in [-0.25, -0.2) is 0 Å². The Balaban J connectivity index is 2.23. The lowest BCUT2D eigenvalue weighted by Crippen LogP contribution is -2.28. The van der Waals surface area contributed by atoms with Crippen LogP contribution in [0.1, 0.15) is 0 Å². The molecule has 3 heteroatoms. The highest BCUT2D eigenvalue weighted by molar-refractivity contribution is 8.02. The molecule has 0 aromatic carbocycles. The predicted octanol–water partition coefficient (Wildman–Crippen LogP) is 0.541. The van der Waals surface area contributed by atoms with Gasteiger partial charge in [-0.3, -0.25) is 4.90 Å². The summed E-state index contributed by atoms with van der Waals surface area (Å²) in [5, 5.41) is 10.8. The first kappa shape index (κ1) is 8.11. The van der Waals surface area contributed by atoms with Crippen LogP contribution in [-0.4, -0.2) is 42.0 Å². The van der Waals surface area contributed by atoms with Crippen molar-refractivity contribution in [1.82, 2.24) is 4.90 Å². The lowest BCUT2D eigenvalue weighted by molar-refractivity contribution is 0.216. The fraction of sp³-hybridized carbons (Fsp3) is 0.714. The summed E-state index contributed by atoms with van der Waals surface area (Å²) in [7, 11) is 0. The molecule has 0 unspecified atom stereocenters. The topological polar surface area (TPSA) is 23.5 Å². The molecule has 58 valence electrons. The van der Waals surface area contributed by atoms with Crippen molar-refractivity contribution in [3.63, 3.8) is 0 Å². The van der Waals surface area contributed by atoms with Crippen molar-refractivity contribution in [1.29, 1.82) is 0 Å². The second kappa shape index (κ2) is 4.77. The van der Waals surface area contributed by atoms with E-state index in [4.69, 9.17) is 5.11 Å². The Kier molecular flexibility index (Phi) is 3.87. The number of hydrogen-bond donors (Lipinski definition) is 1. The zero-order valence-corrected chi connectivity index (χ0v) is 6.81. The SMILES string of the molecule is OCCN1CC=CSCC1. The molecule has 0 atom stereocenters. The van der Waals surface area contributed by atoms with Crippen LogP contribution in [0.5, 0.6) is 0 Å². The summed E-state index contributed by atoms with van der Waals surface area (Å²) in [5.41, 5.74) is 0. The van der Waals surface area contributed by atoms with Crippen LogP contribution in [0.25, 0.3) is 0 Å². The predicted molar refractivity (Wildman–Crippen MR) is 45.1 cm³/mol. The van der Waals surface area contributed by atoms with Gasteiger partial charge in [0, 0.05) is 25.4 Å². The number of hydrogen-bond acceptors (Lipinski definition) is 3. The van der Waals surface area contributed by atoms with Crippen molar-refractivity contribution in [2.75, 3.05) is 32.0 Å². The van der Waals surface area contributed by atoms with E-state index in [2.05, 4.69) is 16.4 Å². The second-order valence-electron chi connectivity index (χ2n) is 2.27. The molecule has 0 aliphatic carbocycles. The van der Waals surface area contributed by atoms with E-state index in [1.807, 2.05) is 11.8 Å². The number of aliphatic hydroxyl groups excluding tert-OH is 1. The van der Waals surface area contributed by atoms with E-state index in [9.17, 15) is 0 Å². The average molecular weight is 159 g/mol. The molecule has 1 rings (SSSR count). The molecular formula is C7H13NOS. The minimum atomic E-state index is 0.276. The van der Waals surface area contributed by atoms with E-state index in [0.29, 0.717) is 0 Å². The number of thioether (sulfide) groups is 1. The van der Waals surface area contributed by atoms with Crippen LogP contribution in [0.2, 0.25) is 0 Å². The summed E-state index contributed by atoms with van der Waals surface area (Å²) in [4.78, 5) is 2.25. The highest BCUT2D eigenvalue weighted by atomic mass is 32.2. The first-order chi connectivity index (χ1) is 4.93. The Morgan fingerprint density at radius 2 is 2.50 bits per heavy atom. The van der Waals surface area contributed by atoms with Gasteiger partial charge in [-0.15, -0.1) is 11.8 Å². The van der Waals surface area contributed by atoms with Gasteiger partial charge in [-0.2, -0.15) is 0 Å². The smallest absolute Gasteiger partial charge is 0.0558 e. The first-order valence-electron chi connectivity index (χ1n) is 3.53. The molecule has 0 amide bonds. The third-order valence-corrected chi connectivity index (χ3v) is 2.30. The monoisotopic (exact) mass is 159 g/mol. The van der Waals surface area contributed by atoms with Crippen LogP contribution >= 0.6 is 11.8 Å². The Morgan fingerprint density at radius 1 is 1.60 bits per heavy atom. The molecular weight excluding hydrogens is 146 g/mol. The maximum absolute atomic E-state index is 8.64.